The van der Waals surface area contributed by atoms with Gasteiger partial charge in [-0.05, 0) is 41.5 Å². The van der Waals surface area contributed by atoms with E-state index in [9.17, 15) is 4.79 Å². The SMILES string of the molecule is CCC(=O)[C@H]1[C@@H](c2ccc3ccccc3c2)CC2CC[C@H]1N2. The fraction of sp³-hybridized carbons (Fsp3) is 0.450. The molecule has 2 nitrogen and oxygen atoms in total. The van der Waals surface area contributed by atoms with E-state index in [1.54, 1.807) is 0 Å². The van der Waals surface area contributed by atoms with Gasteiger partial charge in [-0.1, -0.05) is 49.4 Å². The van der Waals surface area contributed by atoms with Gasteiger partial charge in [0.2, 0.25) is 0 Å². The first-order valence-corrected chi connectivity index (χ1v) is 8.53. The Balaban J connectivity index is 1.75. The van der Waals surface area contributed by atoms with Crippen LogP contribution in [0.1, 0.15) is 44.1 Å². The van der Waals surface area contributed by atoms with Crippen LogP contribution in [-0.2, 0) is 4.79 Å². The molecule has 0 radical (unpaired) electrons. The molecule has 2 fully saturated rings. The molecule has 4 atom stereocenters. The molecule has 2 aromatic rings. The lowest BCUT2D eigenvalue weighted by atomic mass is 9.74. The maximum atomic E-state index is 12.6. The van der Waals surface area contributed by atoms with E-state index in [0.717, 1.165) is 12.8 Å². The first kappa shape index (κ1) is 14.0. The number of nitrogens with one attached hydrogen (secondary N) is 1. The van der Waals surface area contributed by atoms with Gasteiger partial charge in [-0.3, -0.25) is 4.79 Å². The molecule has 2 heteroatoms. The van der Waals surface area contributed by atoms with E-state index in [4.69, 9.17) is 0 Å². The quantitative estimate of drug-likeness (QED) is 0.925. The molecule has 114 valence electrons. The largest absolute Gasteiger partial charge is 0.310 e. The summed E-state index contributed by atoms with van der Waals surface area (Å²) in [6.07, 6.45) is 4.14. The van der Waals surface area contributed by atoms with E-state index in [-0.39, 0.29) is 5.92 Å². The zero-order chi connectivity index (χ0) is 15.1. The van der Waals surface area contributed by atoms with Crippen LogP contribution in [0.25, 0.3) is 10.8 Å². The van der Waals surface area contributed by atoms with Crippen molar-refractivity contribution in [1.29, 1.82) is 0 Å². The number of carbonyl (C=O) groups excluding carboxylic acids is 1. The summed E-state index contributed by atoms with van der Waals surface area (Å²) in [5.41, 5.74) is 1.35. The number of piperidine rings is 1. The topological polar surface area (TPSA) is 29.1 Å². The number of ketones is 1. The normalized spacial score (nSPS) is 30.6. The highest BCUT2D eigenvalue weighted by molar-refractivity contribution is 5.85. The Hall–Kier alpha value is -1.67. The number of hydrogen-bond acceptors (Lipinski definition) is 2. The fourth-order valence-electron chi connectivity index (χ4n) is 4.52. The standard InChI is InChI=1S/C20H23NO/c1-2-19(22)20-17(12-16-9-10-18(20)21-16)15-8-7-13-5-3-4-6-14(13)11-15/h3-8,11,16-18,20-21H,2,9-10,12H2,1H3/t16?,17-,18-,20+/m1/s1. The fourth-order valence-corrected chi connectivity index (χ4v) is 4.52. The highest BCUT2D eigenvalue weighted by Crippen LogP contribution is 2.43. The lowest BCUT2D eigenvalue weighted by Crippen LogP contribution is -2.47. The molecule has 22 heavy (non-hydrogen) atoms. The van der Waals surface area contributed by atoms with Crippen molar-refractivity contribution in [3.8, 4) is 0 Å². The Kier molecular flexibility index (Phi) is 3.50. The summed E-state index contributed by atoms with van der Waals surface area (Å²) in [5, 5.41) is 6.24. The summed E-state index contributed by atoms with van der Waals surface area (Å²) >= 11 is 0. The Bertz CT molecular complexity index is 708. The highest BCUT2D eigenvalue weighted by Gasteiger charge is 2.44. The van der Waals surface area contributed by atoms with Crippen LogP contribution in [0.5, 0.6) is 0 Å². The lowest BCUT2D eigenvalue weighted by Gasteiger charge is -2.37. The van der Waals surface area contributed by atoms with Crippen molar-refractivity contribution >= 4 is 16.6 Å². The van der Waals surface area contributed by atoms with Crippen LogP contribution in [0.15, 0.2) is 42.5 Å². The monoisotopic (exact) mass is 293 g/mol. The van der Waals surface area contributed by atoms with Crippen molar-refractivity contribution in [2.75, 3.05) is 0 Å². The molecule has 1 N–H and O–H groups in total. The molecule has 0 saturated carbocycles. The molecular weight excluding hydrogens is 270 g/mol. The molecule has 0 aliphatic carbocycles. The molecule has 2 aliphatic heterocycles. The molecule has 2 aliphatic rings. The zero-order valence-electron chi connectivity index (χ0n) is 13.1. The number of hydrogen-bond donors (Lipinski definition) is 1. The maximum Gasteiger partial charge on any atom is 0.137 e. The Morgan fingerprint density at radius 2 is 1.95 bits per heavy atom. The van der Waals surface area contributed by atoms with Crippen LogP contribution in [0.3, 0.4) is 0 Å². The third-order valence-electron chi connectivity index (χ3n) is 5.60. The minimum Gasteiger partial charge on any atom is -0.310 e. The van der Waals surface area contributed by atoms with E-state index in [1.807, 2.05) is 6.92 Å². The van der Waals surface area contributed by atoms with Gasteiger partial charge in [0.1, 0.15) is 5.78 Å². The van der Waals surface area contributed by atoms with E-state index >= 15 is 0 Å². The predicted molar refractivity (Wildman–Crippen MR) is 90.0 cm³/mol. The van der Waals surface area contributed by atoms with Gasteiger partial charge in [-0.15, -0.1) is 0 Å². The number of Topliss-reactive ketones (excluding diaryl/α,β-unsaturated/α-hetero) is 1. The van der Waals surface area contributed by atoms with Crippen LogP contribution < -0.4 is 5.32 Å². The third kappa shape index (κ3) is 2.26. The first-order chi connectivity index (χ1) is 10.8. The summed E-state index contributed by atoms with van der Waals surface area (Å²) < 4.78 is 0. The van der Waals surface area contributed by atoms with Gasteiger partial charge in [0.15, 0.2) is 0 Å². The summed E-state index contributed by atoms with van der Waals surface area (Å²) in [6.45, 7) is 2.00. The van der Waals surface area contributed by atoms with Crippen molar-refractivity contribution in [1.82, 2.24) is 5.32 Å². The van der Waals surface area contributed by atoms with E-state index in [1.165, 1.54) is 22.8 Å². The third-order valence-corrected chi connectivity index (χ3v) is 5.60. The second-order valence-corrected chi connectivity index (χ2v) is 6.84. The molecule has 4 rings (SSSR count). The van der Waals surface area contributed by atoms with E-state index < -0.39 is 0 Å². The summed E-state index contributed by atoms with van der Waals surface area (Å²) in [4.78, 5) is 12.6. The smallest absolute Gasteiger partial charge is 0.137 e. The van der Waals surface area contributed by atoms with E-state index in [0.29, 0.717) is 30.2 Å². The second-order valence-electron chi connectivity index (χ2n) is 6.84. The predicted octanol–water partition coefficient (Wildman–Crippen LogP) is 4.04. The Labute approximate surface area is 131 Å². The van der Waals surface area contributed by atoms with Gasteiger partial charge in [0.05, 0.1) is 0 Å². The van der Waals surface area contributed by atoms with Crippen molar-refractivity contribution in [2.24, 2.45) is 5.92 Å². The number of benzene rings is 2. The van der Waals surface area contributed by atoms with Crippen LogP contribution in [-0.4, -0.2) is 17.9 Å². The molecule has 2 heterocycles. The second kappa shape index (κ2) is 5.51. The van der Waals surface area contributed by atoms with Crippen LogP contribution in [0.4, 0.5) is 0 Å². The minimum atomic E-state index is 0.157. The Morgan fingerprint density at radius 1 is 1.14 bits per heavy atom. The maximum absolute atomic E-state index is 12.6. The zero-order valence-corrected chi connectivity index (χ0v) is 13.1. The molecule has 2 saturated heterocycles. The molecule has 2 bridgehead atoms. The lowest BCUT2D eigenvalue weighted by molar-refractivity contribution is -0.124. The molecule has 2 aromatic carbocycles. The first-order valence-electron chi connectivity index (χ1n) is 8.53. The summed E-state index contributed by atoms with van der Waals surface area (Å²) in [6, 6.07) is 16.2. The molecule has 1 unspecified atom stereocenters. The molecule has 0 amide bonds. The Morgan fingerprint density at radius 3 is 2.77 bits per heavy atom. The van der Waals surface area contributed by atoms with Crippen LogP contribution in [0.2, 0.25) is 0 Å². The van der Waals surface area contributed by atoms with Crippen molar-refractivity contribution in [2.45, 2.75) is 50.6 Å². The molecular formula is C20H23NO. The number of carbonyl (C=O) groups is 1. The average molecular weight is 293 g/mol. The van der Waals surface area contributed by atoms with Gasteiger partial charge < -0.3 is 5.32 Å². The van der Waals surface area contributed by atoms with Gasteiger partial charge in [0, 0.05) is 24.4 Å². The van der Waals surface area contributed by atoms with Gasteiger partial charge >= 0.3 is 0 Å². The number of fused-ring (bicyclic) bond motifs is 3. The molecule has 0 spiro atoms. The highest BCUT2D eigenvalue weighted by atomic mass is 16.1. The number of rotatable bonds is 3. The summed E-state index contributed by atoms with van der Waals surface area (Å²) in [5.74, 6) is 0.969. The van der Waals surface area contributed by atoms with Gasteiger partial charge in [-0.25, -0.2) is 0 Å². The van der Waals surface area contributed by atoms with Crippen molar-refractivity contribution < 1.29 is 4.79 Å². The van der Waals surface area contributed by atoms with Crippen LogP contribution in [0, 0.1) is 5.92 Å². The van der Waals surface area contributed by atoms with Gasteiger partial charge in [-0.2, -0.15) is 0 Å². The molecule has 0 aromatic heterocycles. The van der Waals surface area contributed by atoms with Gasteiger partial charge in [0.25, 0.3) is 0 Å². The van der Waals surface area contributed by atoms with Crippen LogP contribution >= 0.6 is 0 Å². The minimum absolute atomic E-state index is 0.157. The summed E-state index contributed by atoms with van der Waals surface area (Å²) in [7, 11) is 0. The van der Waals surface area contributed by atoms with Crippen molar-refractivity contribution in [3.05, 3.63) is 48.0 Å². The van der Waals surface area contributed by atoms with E-state index in [2.05, 4.69) is 47.8 Å². The average Bonchev–Trinajstić information content (AvgIpc) is 2.95. The van der Waals surface area contributed by atoms with Crippen molar-refractivity contribution in [3.63, 3.8) is 0 Å².